The van der Waals surface area contributed by atoms with Crippen molar-refractivity contribution < 1.29 is 14.0 Å². The van der Waals surface area contributed by atoms with E-state index in [1.807, 2.05) is 16.8 Å². The van der Waals surface area contributed by atoms with E-state index in [1.54, 1.807) is 39.3 Å². The molecule has 1 N–H and O–H groups in total. The Morgan fingerprint density at radius 3 is 2.77 bits per heavy atom. The van der Waals surface area contributed by atoms with Gasteiger partial charge in [-0.2, -0.15) is 11.3 Å². The molecule has 2 aromatic rings. The maximum absolute atomic E-state index is 12.0. The van der Waals surface area contributed by atoms with Gasteiger partial charge >= 0.3 is 0 Å². The van der Waals surface area contributed by atoms with Crippen LogP contribution in [0.4, 0.5) is 0 Å². The average molecular weight is 321 g/mol. The van der Waals surface area contributed by atoms with Crippen LogP contribution in [0, 0.1) is 6.92 Å². The largest absolute Gasteiger partial charge is 0.441 e. The van der Waals surface area contributed by atoms with Crippen LogP contribution >= 0.6 is 11.3 Å². The number of nitrogens with zero attached hydrogens (tertiary/aromatic N) is 2. The van der Waals surface area contributed by atoms with Crippen molar-refractivity contribution in [2.24, 2.45) is 0 Å². The molecule has 0 unspecified atom stereocenters. The van der Waals surface area contributed by atoms with Gasteiger partial charge in [-0.05, 0) is 25.3 Å². The second-order valence-electron chi connectivity index (χ2n) is 5.23. The van der Waals surface area contributed by atoms with E-state index >= 15 is 0 Å². The fourth-order valence-corrected chi connectivity index (χ4v) is 2.63. The molecule has 0 aliphatic rings. The fourth-order valence-electron chi connectivity index (χ4n) is 2.00. The highest BCUT2D eigenvalue weighted by atomic mass is 32.1. The Hall–Kier alpha value is -2.15. The predicted molar refractivity (Wildman–Crippen MR) is 84.6 cm³/mol. The Balaban J connectivity index is 2.02. The summed E-state index contributed by atoms with van der Waals surface area (Å²) < 4.78 is 5.59. The number of oxazole rings is 1. The summed E-state index contributed by atoms with van der Waals surface area (Å²) in [6, 6.07) is 1.35. The molecule has 0 aromatic carbocycles. The summed E-state index contributed by atoms with van der Waals surface area (Å²) in [7, 11) is 3.31. The van der Waals surface area contributed by atoms with Gasteiger partial charge in [0.15, 0.2) is 0 Å². The molecule has 0 bridgehead atoms. The third kappa shape index (κ3) is 3.73. The predicted octanol–water partition coefficient (Wildman–Crippen LogP) is 1.85. The van der Waals surface area contributed by atoms with Gasteiger partial charge in [-0.15, -0.1) is 0 Å². The summed E-state index contributed by atoms with van der Waals surface area (Å²) in [4.78, 5) is 29.6. The zero-order chi connectivity index (χ0) is 16.3. The number of hydrogen-bond acceptors (Lipinski definition) is 5. The average Bonchev–Trinajstić information content (AvgIpc) is 3.08. The van der Waals surface area contributed by atoms with Crippen molar-refractivity contribution >= 4 is 23.2 Å². The molecule has 0 saturated heterocycles. The van der Waals surface area contributed by atoms with Gasteiger partial charge in [0, 0.05) is 25.0 Å². The lowest BCUT2D eigenvalue weighted by Gasteiger charge is -2.17. The lowest BCUT2D eigenvalue weighted by atomic mass is 10.2. The number of likely N-dealkylation sites (N-methyl/N-ethyl adjacent to an activating group) is 1. The highest BCUT2D eigenvalue weighted by Crippen LogP contribution is 2.23. The molecule has 2 heterocycles. The van der Waals surface area contributed by atoms with Crippen LogP contribution in [0.25, 0.3) is 11.5 Å². The molecular weight excluding hydrogens is 302 g/mol. The van der Waals surface area contributed by atoms with Crippen LogP contribution in [0.1, 0.15) is 18.4 Å². The van der Waals surface area contributed by atoms with Gasteiger partial charge < -0.3 is 14.6 Å². The number of carbonyl (C=O) groups is 2. The number of aryl methyl sites for hydroxylation is 1. The van der Waals surface area contributed by atoms with Crippen LogP contribution in [-0.2, 0) is 16.0 Å². The zero-order valence-electron chi connectivity index (χ0n) is 13.0. The number of amides is 2. The van der Waals surface area contributed by atoms with Gasteiger partial charge in [0.1, 0.15) is 11.8 Å². The van der Waals surface area contributed by atoms with E-state index in [-0.39, 0.29) is 18.2 Å². The number of rotatable bonds is 5. The van der Waals surface area contributed by atoms with Crippen LogP contribution in [0.5, 0.6) is 0 Å². The highest BCUT2D eigenvalue weighted by molar-refractivity contribution is 7.08. The summed E-state index contributed by atoms with van der Waals surface area (Å²) >= 11 is 1.56. The summed E-state index contributed by atoms with van der Waals surface area (Å²) in [5.41, 5.74) is 1.49. The SMILES string of the molecule is Cc1oc(-c2ccsc2)nc1CC(=O)N[C@H](C)C(=O)N(C)C. The Kier molecular flexibility index (Phi) is 4.97. The molecule has 7 heteroatoms. The van der Waals surface area contributed by atoms with Crippen molar-refractivity contribution in [1.29, 1.82) is 0 Å². The van der Waals surface area contributed by atoms with E-state index in [0.29, 0.717) is 17.3 Å². The number of carbonyl (C=O) groups excluding carboxylic acids is 2. The summed E-state index contributed by atoms with van der Waals surface area (Å²) in [5, 5.41) is 6.55. The summed E-state index contributed by atoms with van der Waals surface area (Å²) in [5.74, 6) is 0.724. The Bertz CT molecular complexity index is 662. The van der Waals surface area contributed by atoms with Crippen LogP contribution in [0.15, 0.2) is 21.2 Å². The molecular formula is C15H19N3O3S. The quantitative estimate of drug-likeness (QED) is 0.912. The van der Waals surface area contributed by atoms with E-state index in [2.05, 4.69) is 10.3 Å². The lowest BCUT2D eigenvalue weighted by Crippen LogP contribution is -2.44. The molecule has 0 aliphatic carbocycles. The maximum atomic E-state index is 12.0. The van der Waals surface area contributed by atoms with E-state index in [4.69, 9.17) is 4.42 Å². The van der Waals surface area contributed by atoms with E-state index in [0.717, 1.165) is 5.56 Å². The van der Waals surface area contributed by atoms with E-state index in [1.165, 1.54) is 4.90 Å². The number of hydrogen-bond donors (Lipinski definition) is 1. The molecule has 118 valence electrons. The second-order valence-corrected chi connectivity index (χ2v) is 6.01. The number of nitrogens with one attached hydrogen (secondary N) is 1. The fraction of sp³-hybridized carbons (Fsp3) is 0.400. The van der Waals surface area contributed by atoms with Crippen molar-refractivity contribution in [2.45, 2.75) is 26.3 Å². The molecule has 22 heavy (non-hydrogen) atoms. The zero-order valence-corrected chi connectivity index (χ0v) is 13.9. The number of thiophene rings is 1. The monoisotopic (exact) mass is 321 g/mol. The van der Waals surface area contributed by atoms with E-state index < -0.39 is 6.04 Å². The Morgan fingerprint density at radius 2 is 2.18 bits per heavy atom. The van der Waals surface area contributed by atoms with Crippen molar-refractivity contribution in [1.82, 2.24) is 15.2 Å². The molecule has 2 rings (SSSR count). The van der Waals surface area contributed by atoms with Gasteiger partial charge in [-0.25, -0.2) is 4.98 Å². The van der Waals surface area contributed by atoms with Crippen LogP contribution < -0.4 is 5.32 Å². The molecule has 0 fully saturated rings. The molecule has 1 atom stereocenters. The maximum Gasteiger partial charge on any atom is 0.244 e. The molecule has 0 spiro atoms. The minimum Gasteiger partial charge on any atom is -0.441 e. The van der Waals surface area contributed by atoms with Crippen molar-refractivity contribution in [2.75, 3.05) is 14.1 Å². The smallest absolute Gasteiger partial charge is 0.244 e. The van der Waals surface area contributed by atoms with Crippen LogP contribution in [0.3, 0.4) is 0 Å². The van der Waals surface area contributed by atoms with E-state index in [9.17, 15) is 9.59 Å². The van der Waals surface area contributed by atoms with Gasteiger partial charge in [0.05, 0.1) is 12.1 Å². The third-order valence-corrected chi connectivity index (χ3v) is 3.86. The molecule has 6 nitrogen and oxygen atoms in total. The van der Waals surface area contributed by atoms with Crippen LogP contribution in [-0.4, -0.2) is 41.8 Å². The van der Waals surface area contributed by atoms with Gasteiger partial charge in [-0.1, -0.05) is 0 Å². The van der Waals surface area contributed by atoms with Crippen molar-refractivity contribution in [3.8, 4) is 11.5 Å². The molecule has 0 radical (unpaired) electrons. The molecule has 0 saturated carbocycles. The van der Waals surface area contributed by atoms with Crippen LogP contribution in [0.2, 0.25) is 0 Å². The third-order valence-electron chi connectivity index (χ3n) is 3.18. The highest BCUT2D eigenvalue weighted by Gasteiger charge is 2.19. The first-order chi connectivity index (χ1) is 10.4. The summed E-state index contributed by atoms with van der Waals surface area (Å²) in [6.45, 7) is 3.44. The minimum absolute atomic E-state index is 0.0878. The normalized spacial score (nSPS) is 12.0. The van der Waals surface area contributed by atoms with Crippen molar-refractivity contribution in [3.05, 3.63) is 28.3 Å². The first kappa shape index (κ1) is 16.2. The van der Waals surface area contributed by atoms with Gasteiger partial charge in [0.2, 0.25) is 17.7 Å². The molecule has 2 amide bonds. The standard InChI is InChI=1S/C15H19N3O3S/c1-9(15(20)18(3)4)16-13(19)7-12-10(2)21-14(17-12)11-5-6-22-8-11/h5-6,8-9H,7H2,1-4H3,(H,16,19)/t9-/m1/s1. The Labute approximate surface area is 133 Å². The van der Waals surface area contributed by atoms with Gasteiger partial charge in [-0.3, -0.25) is 9.59 Å². The topological polar surface area (TPSA) is 75.4 Å². The first-order valence-electron chi connectivity index (χ1n) is 6.88. The van der Waals surface area contributed by atoms with Crippen molar-refractivity contribution in [3.63, 3.8) is 0 Å². The first-order valence-corrected chi connectivity index (χ1v) is 7.82. The molecule has 0 aliphatic heterocycles. The summed E-state index contributed by atoms with van der Waals surface area (Å²) in [6.07, 6.45) is 0.0878. The number of aromatic nitrogens is 1. The lowest BCUT2D eigenvalue weighted by molar-refractivity contribution is -0.133. The second kappa shape index (κ2) is 6.74. The van der Waals surface area contributed by atoms with Gasteiger partial charge in [0.25, 0.3) is 0 Å². The Morgan fingerprint density at radius 1 is 1.45 bits per heavy atom. The molecule has 2 aromatic heterocycles. The minimum atomic E-state index is -0.564.